The lowest BCUT2D eigenvalue weighted by molar-refractivity contribution is 0.0525. The van der Waals surface area contributed by atoms with E-state index < -0.39 is 5.97 Å². The molecule has 1 aliphatic rings. The molecule has 5 heterocycles. The van der Waals surface area contributed by atoms with E-state index in [4.69, 9.17) is 19.4 Å². The number of morpholine rings is 1. The van der Waals surface area contributed by atoms with Gasteiger partial charge in [-0.3, -0.25) is 0 Å². The van der Waals surface area contributed by atoms with Gasteiger partial charge in [-0.25, -0.2) is 29.7 Å². The number of thiophene rings is 1. The second kappa shape index (κ2) is 11.2. The minimum absolute atomic E-state index is 0.0415. The molecule has 198 valence electrons. The van der Waals surface area contributed by atoms with Gasteiger partial charge in [-0.05, 0) is 32.0 Å². The number of anilines is 3. The molecule has 1 atom stereocenters. The highest BCUT2D eigenvalue weighted by atomic mass is 32.1. The number of aromatic nitrogens is 5. The quantitative estimate of drug-likeness (QED) is 0.333. The van der Waals surface area contributed by atoms with Crippen LogP contribution in [0.5, 0.6) is 0 Å². The summed E-state index contributed by atoms with van der Waals surface area (Å²) in [5.74, 6) is 2.42. The summed E-state index contributed by atoms with van der Waals surface area (Å²) in [6.07, 6.45) is 4.78. The van der Waals surface area contributed by atoms with Crippen LogP contribution in [0.15, 0.2) is 36.8 Å². The second-order valence-corrected chi connectivity index (χ2v) is 9.88. The number of carbonyl (C=O) groups is 1. The molecule has 1 N–H and O–H groups in total. The standard InChI is InChI=1S/C26H30N8O3S/c1-5-37-25(35)18-14-29-26(30-15-18)33(4)16(2)20-12-19-22(38-20)24(34-8-10-36-11-9-34)32-23(31-19)17-6-7-21(27-3)28-13-17/h6-7,12-16H,5,8-11H2,1-4H3,(H,27,28). The average molecular weight is 535 g/mol. The van der Waals surface area contributed by atoms with Crippen molar-refractivity contribution >= 4 is 45.1 Å². The topological polar surface area (TPSA) is 118 Å². The minimum atomic E-state index is -0.430. The third kappa shape index (κ3) is 5.22. The fourth-order valence-corrected chi connectivity index (χ4v) is 5.33. The Balaban J connectivity index is 1.49. The lowest BCUT2D eigenvalue weighted by atomic mass is 10.2. The third-order valence-electron chi connectivity index (χ3n) is 6.42. The highest BCUT2D eigenvalue weighted by Crippen LogP contribution is 2.38. The number of ether oxygens (including phenoxy) is 2. The summed E-state index contributed by atoms with van der Waals surface area (Å²) >= 11 is 1.67. The Labute approximate surface area is 224 Å². The van der Waals surface area contributed by atoms with Crippen molar-refractivity contribution in [2.24, 2.45) is 0 Å². The number of esters is 1. The zero-order chi connectivity index (χ0) is 26.6. The first-order valence-electron chi connectivity index (χ1n) is 12.5. The molecule has 4 aromatic heterocycles. The Morgan fingerprint density at radius 2 is 1.95 bits per heavy atom. The summed E-state index contributed by atoms with van der Waals surface area (Å²) in [5.41, 5.74) is 2.06. The van der Waals surface area contributed by atoms with Gasteiger partial charge in [0.25, 0.3) is 0 Å². The number of rotatable bonds is 8. The maximum atomic E-state index is 12.0. The first-order chi connectivity index (χ1) is 18.5. The van der Waals surface area contributed by atoms with Gasteiger partial charge in [-0.2, -0.15) is 0 Å². The summed E-state index contributed by atoms with van der Waals surface area (Å²) in [6.45, 7) is 7.03. The molecule has 1 saturated heterocycles. The maximum Gasteiger partial charge on any atom is 0.341 e. The van der Waals surface area contributed by atoms with E-state index in [9.17, 15) is 4.79 Å². The minimum Gasteiger partial charge on any atom is -0.462 e. The molecule has 5 rings (SSSR count). The van der Waals surface area contributed by atoms with Crippen molar-refractivity contribution in [2.75, 3.05) is 62.1 Å². The Morgan fingerprint density at radius 1 is 1.18 bits per heavy atom. The number of pyridine rings is 1. The molecule has 0 spiro atoms. The van der Waals surface area contributed by atoms with Gasteiger partial charge >= 0.3 is 5.97 Å². The summed E-state index contributed by atoms with van der Waals surface area (Å²) in [7, 11) is 3.77. The van der Waals surface area contributed by atoms with Gasteiger partial charge in [0, 0.05) is 56.2 Å². The van der Waals surface area contributed by atoms with E-state index in [1.165, 1.54) is 12.4 Å². The molecule has 0 bridgehead atoms. The molecule has 1 fully saturated rings. The Bertz CT molecular complexity index is 1400. The van der Waals surface area contributed by atoms with Crippen LogP contribution >= 0.6 is 11.3 Å². The number of carbonyl (C=O) groups excluding carboxylic acids is 1. The van der Waals surface area contributed by atoms with Crippen LogP contribution < -0.4 is 15.1 Å². The predicted octanol–water partition coefficient (Wildman–Crippen LogP) is 3.80. The predicted molar refractivity (Wildman–Crippen MR) is 148 cm³/mol. The molecular formula is C26H30N8O3S. The molecule has 0 aromatic carbocycles. The number of nitrogens with zero attached hydrogens (tertiary/aromatic N) is 7. The maximum absolute atomic E-state index is 12.0. The van der Waals surface area contributed by atoms with Gasteiger partial charge in [0.2, 0.25) is 5.95 Å². The lowest BCUT2D eigenvalue weighted by Crippen LogP contribution is -2.36. The highest BCUT2D eigenvalue weighted by molar-refractivity contribution is 7.19. The zero-order valence-corrected chi connectivity index (χ0v) is 22.7. The molecule has 4 aromatic rings. The van der Waals surface area contributed by atoms with Gasteiger partial charge < -0.3 is 24.6 Å². The van der Waals surface area contributed by atoms with Gasteiger partial charge in [0.1, 0.15) is 5.82 Å². The fourth-order valence-electron chi connectivity index (χ4n) is 4.12. The Morgan fingerprint density at radius 3 is 2.61 bits per heavy atom. The van der Waals surface area contributed by atoms with E-state index in [2.05, 4.69) is 38.2 Å². The van der Waals surface area contributed by atoms with Crippen LogP contribution in [0.25, 0.3) is 21.6 Å². The van der Waals surface area contributed by atoms with E-state index in [0.29, 0.717) is 37.2 Å². The van der Waals surface area contributed by atoms with Crippen LogP contribution in [0.4, 0.5) is 17.6 Å². The van der Waals surface area contributed by atoms with Crippen molar-refractivity contribution in [2.45, 2.75) is 19.9 Å². The van der Waals surface area contributed by atoms with Crippen LogP contribution in [0, 0.1) is 0 Å². The number of hydrogen-bond acceptors (Lipinski definition) is 12. The zero-order valence-electron chi connectivity index (χ0n) is 21.8. The first-order valence-corrected chi connectivity index (χ1v) is 13.3. The van der Waals surface area contributed by atoms with Crippen LogP contribution in [-0.4, -0.2) is 77.9 Å². The molecule has 0 saturated carbocycles. The summed E-state index contributed by atoms with van der Waals surface area (Å²) in [4.78, 5) is 40.4. The lowest BCUT2D eigenvalue weighted by Gasteiger charge is -2.28. The largest absolute Gasteiger partial charge is 0.462 e. The van der Waals surface area contributed by atoms with Crippen molar-refractivity contribution in [1.29, 1.82) is 0 Å². The number of hydrogen-bond donors (Lipinski definition) is 1. The van der Waals surface area contributed by atoms with Crippen molar-refractivity contribution in [3.63, 3.8) is 0 Å². The van der Waals surface area contributed by atoms with E-state index in [1.807, 2.05) is 31.1 Å². The van der Waals surface area contributed by atoms with Gasteiger partial charge in [-0.1, -0.05) is 0 Å². The van der Waals surface area contributed by atoms with Crippen LogP contribution in [0.2, 0.25) is 0 Å². The van der Waals surface area contributed by atoms with Gasteiger partial charge in [-0.15, -0.1) is 11.3 Å². The molecule has 0 radical (unpaired) electrons. The smallest absolute Gasteiger partial charge is 0.341 e. The van der Waals surface area contributed by atoms with Crippen LogP contribution in [0.1, 0.15) is 35.1 Å². The van der Waals surface area contributed by atoms with Crippen molar-refractivity contribution < 1.29 is 14.3 Å². The van der Waals surface area contributed by atoms with Crippen molar-refractivity contribution in [3.05, 3.63) is 47.2 Å². The van der Waals surface area contributed by atoms with Crippen molar-refractivity contribution in [1.82, 2.24) is 24.9 Å². The molecule has 38 heavy (non-hydrogen) atoms. The van der Waals surface area contributed by atoms with Crippen LogP contribution in [0.3, 0.4) is 0 Å². The fraction of sp³-hybridized carbons (Fsp3) is 0.385. The molecule has 1 unspecified atom stereocenters. The first kappa shape index (κ1) is 25.7. The normalized spacial score (nSPS) is 14.4. The number of fused-ring (bicyclic) bond motifs is 1. The molecule has 12 heteroatoms. The van der Waals surface area contributed by atoms with E-state index in [-0.39, 0.29) is 6.04 Å². The number of nitrogens with one attached hydrogen (secondary N) is 1. The van der Waals surface area contributed by atoms with E-state index in [1.54, 1.807) is 24.5 Å². The van der Waals surface area contributed by atoms with E-state index >= 15 is 0 Å². The Kier molecular flexibility index (Phi) is 7.61. The van der Waals surface area contributed by atoms with Gasteiger partial charge in [0.15, 0.2) is 11.6 Å². The molecule has 0 aliphatic carbocycles. The van der Waals surface area contributed by atoms with E-state index in [0.717, 1.165) is 45.4 Å². The summed E-state index contributed by atoms with van der Waals surface area (Å²) < 4.78 is 11.6. The monoisotopic (exact) mass is 534 g/mol. The summed E-state index contributed by atoms with van der Waals surface area (Å²) in [6, 6.07) is 5.96. The van der Waals surface area contributed by atoms with Crippen LogP contribution in [-0.2, 0) is 9.47 Å². The summed E-state index contributed by atoms with van der Waals surface area (Å²) in [5, 5.41) is 3.04. The third-order valence-corrected chi connectivity index (χ3v) is 7.71. The van der Waals surface area contributed by atoms with Crippen molar-refractivity contribution in [3.8, 4) is 11.4 Å². The molecule has 0 amide bonds. The Hall–Kier alpha value is -3.90. The average Bonchev–Trinajstić information content (AvgIpc) is 3.41. The molecule has 1 aliphatic heterocycles. The van der Waals surface area contributed by atoms with Gasteiger partial charge in [0.05, 0.1) is 41.6 Å². The molecule has 11 nitrogen and oxygen atoms in total. The SMILES string of the molecule is CCOC(=O)c1cnc(N(C)C(C)c2cc3nc(-c4ccc(NC)nc4)nc(N4CCOCC4)c3s2)nc1. The highest BCUT2D eigenvalue weighted by Gasteiger charge is 2.24. The second-order valence-electron chi connectivity index (χ2n) is 8.79. The molecular weight excluding hydrogens is 504 g/mol.